The van der Waals surface area contributed by atoms with Crippen LogP contribution in [0.5, 0.6) is 0 Å². The van der Waals surface area contributed by atoms with Gasteiger partial charge in [0.05, 0.1) is 0 Å². The zero-order chi connectivity index (χ0) is 17.9. The van der Waals surface area contributed by atoms with E-state index in [1.807, 2.05) is 49.4 Å². The van der Waals surface area contributed by atoms with Crippen LogP contribution in [0, 0.1) is 19.7 Å². The van der Waals surface area contributed by atoms with Crippen LogP contribution in [0.2, 0.25) is 0 Å². The topological polar surface area (TPSA) is 32.3 Å². The van der Waals surface area contributed by atoms with Gasteiger partial charge in [-0.15, -0.1) is 0 Å². The van der Waals surface area contributed by atoms with Crippen LogP contribution in [0.3, 0.4) is 0 Å². The molecule has 2 aromatic carbocycles. The highest BCUT2D eigenvalue weighted by Crippen LogP contribution is 2.24. The lowest BCUT2D eigenvalue weighted by molar-refractivity contribution is -0.131. The first kappa shape index (κ1) is 18.1. The molecule has 2 aromatic rings. The molecule has 2 atom stereocenters. The lowest BCUT2D eigenvalue weighted by atomic mass is 9.99. The summed E-state index contributed by atoms with van der Waals surface area (Å²) in [6.45, 7) is 5.52. The number of hydrogen-bond acceptors (Lipinski definition) is 2. The highest BCUT2D eigenvalue weighted by atomic mass is 19.1. The predicted molar refractivity (Wildman–Crippen MR) is 95.3 cm³/mol. The normalized spacial score (nSPS) is 13.4. The van der Waals surface area contributed by atoms with Crippen molar-refractivity contribution >= 4 is 5.91 Å². The number of halogens is 1. The molecule has 1 N–H and O–H groups in total. The van der Waals surface area contributed by atoms with Crippen LogP contribution in [0.15, 0.2) is 42.5 Å². The van der Waals surface area contributed by atoms with Gasteiger partial charge in [-0.2, -0.15) is 0 Å². The van der Waals surface area contributed by atoms with E-state index in [9.17, 15) is 9.18 Å². The Hall–Kier alpha value is -2.20. The molecular formula is C20H25FN2O. The second kappa shape index (κ2) is 7.58. The van der Waals surface area contributed by atoms with Crippen LogP contribution in [0.1, 0.15) is 41.3 Å². The Morgan fingerprint density at radius 2 is 1.58 bits per heavy atom. The standard InChI is InChI=1S/C20H25FN2O/c1-13-11-17(12-14(2)18(13)21)15(3)22-19(20(24)23(4)5)16-9-7-6-8-10-16/h6-12,15,19,22H,1-5H3/t15-,19+/m1/s1. The van der Waals surface area contributed by atoms with E-state index in [4.69, 9.17) is 0 Å². The fourth-order valence-electron chi connectivity index (χ4n) is 2.79. The van der Waals surface area contributed by atoms with E-state index >= 15 is 0 Å². The lowest BCUT2D eigenvalue weighted by Crippen LogP contribution is -2.38. The van der Waals surface area contributed by atoms with E-state index in [0.29, 0.717) is 11.1 Å². The van der Waals surface area contributed by atoms with Gasteiger partial charge >= 0.3 is 0 Å². The smallest absolute Gasteiger partial charge is 0.243 e. The fourth-order valence-corrected chi connectivity index (χ4v) is 2.79. The number of carbonyl (C=O) groups excluding carboxylic acids is 1. The Morgan fingerprint density at radius 3 is 2.08 bits per heavy atom. The predicted octanol–water partition coefficient (Wildman–Crippen LogP) is 3.92. The molecule has 2 rings (SSSR count). The van der Waals surface area contributed by atoms with Gasteiger partial charge in [0.2, 0.25) is 5.91 Å². The summed E-state index contributed by atoms with van der Waals surface area (Å²) in [4.78, 5) is 14.2. The van der Waals surface area contributed by atoms with Crippen molar-refractivity contribution in [3.8, 4) is 0 Å². The highest BCUT2D eigenvalue weighted by Gasteiger charge is 2.24. The first-order valence-electron chi connectivity index (χ1n) is 8.10. The van der Waals surface area contributed by atoms with E-state index < -0.39 is 6.04 Å². The number of hydrogen-bond donors (Lipinski definition) is 1. The van der Waals surface area contributed by atoms with E-state index in [2.05, 4.69) is 5.32 Å². The maximum atomic E-state index is 13.9. The molecule has 0 saturated carbocycles. The number of nitrogens with zero attached hydrogens (tertiary/aromatic N) is 1. The van der Waals surface area contributed by atoms with Crippen LogP contribution >= 0.6 is 0 Å². The number of rotatable bonds is 5. The molecule has 0 heterocycles. The summed E-state index contributed by atoms with van der Waals surface area (Å²) in [5.41, 5.74) is 3.13. The van der Waals surface area contributed by atoms with Crippen LogP contribution in [0.25, 0.3) is 0 Å². The summed E-state index contributed by atoms with van der Waals surface area (Å²) in [6.07, 6.45) is 0. The van der Waals surface area contributed by atoms with E-state index in [1.54, 1.807) is 32.8 Å². The Bertz CT molecular complexity index is 690. The van der Waals surface area contributed by atoms with Crippen molar-refractivity contribution in [2.45, 2.75) is 32.9 Å². The quantitative estimate of drug-likeness (QED) is 0.902. The Kier molecular flexibility index (Phi) is 5.73. The molecule has 0 spiro atoms. The van der Waals surface area contributed by atoms with Crippen molar-refractivity contribution in [2.24, 2.45) is 0 Å². The third-order valence-electron chi connectivity index (χ3n) is 4.20. The van der Waals surface area contributed by atoms with Gasteiger partial charge in [0, 0.05) is 20.1 Å². The molecule has 3 nitrogen and oxygen atoms in total. The summed E-state index contributed by atoms with van der Waals surface area (Å²) < 4.78 is 13.9. The van der Waals surface area contributed by atoms with Crippen molar-refractivity contribution in [2.75, 3.05) is 14.1 Å². The molecule has 24 heavy (non-hydrogen) atoms. The van der Waals surface area contributed by atoms with Gasteiger partial charge in [-0.1, -0.05) is 42.5 Å². The average molecular weight is 328 g/mol. The third-order valence-corrected chi connectivity index (χ3v) is 4.20. The lowest BCUT2D eigenvalue weighted by Gasteiger charge is -2.26. The first-order valence-corrected chi connectivity index (χ1v) is 8.10. The molecule has 0 aliphatic heterocycles. The van der Waals surface area contributed by atoms with Gasteiger partial charge in [0.15, 0.2) is 0 Å². The number of aryl methyl sites for hydroxylation is 2. The molecule has 0 saturated heterocycles. The molecular weight excluding hydrogens is 303 g/mol. The van der Waals surface area contributed by atoms with Crippen molar-refractivity contribution in [1.82, 2.24) is 10.2 Å². The summed E-state index contributed by atoms with van der Waals surface area (Å²) in [5, 5.41) is 3.39. The largest absolute Gasteiger partial charge is 0.347 e. The van der Waals surface area contributed by atoms with Crippen LogP contribution in [-0.2, 0) is 4.79 Å². The van der Waals surface area contributed by atoms with Crippen molar-refractivity contribution < 1.29 is 9.18 Å². The molecule has 0 aromatic heterocycles. The van der Waals surface area contributed by atoms with E-state index in [1.165, 1.54) is 0 Å². The minimum atomic E-state index is -0.443. The van der Waals surface area contributed by atoms with Crippen LogP contribution < -0.4 is 5.32 Å². The molecule has 0 unspecified atom stereocenters. The van der Waals surface area contributed by atoms with E-state index in [0.717, 1.165) is 11.1 Å². The maximum absolute atomic E-state index is 13.9. The minimum absolute atomic E-state index is 0.0106. The first-order chi connectivity index (χ1) is 11.3. The Balaban J connectivity index is 2.31. The number of nitrogens with one attached hydrogen (secondary N) is 1. The fraction of sp³-hybridized carbons (Fsp3) is 0.350. The summed E-state index contributed by atoms with van der Waals surface area (Å²) >= 11 is 0. The van der Waals surface area contributed by atoms with Gasteiger partial charge in [-0.05, 0) is 43.0 Å². The molecule has 128 valence electrons. The van der Waals surface area contributed by atoms with Gasteiger partial charge in [0.25, 0.3) is 0 Å². The number of amides is 1. The van der Waals surface area contributed by atoms with Gasteiger partial charge in [-0.3, -0.25) is 10.1 Å². The molecule has 0 fully saturated rings. The average Bonchev–Trinajstić information content (AvgIpc) is 2.56. The Morgan fingerprint density at radius 1 is 1.04 bits per heavy atom. The van der Waals surface area contributed by atoms with Gasteiger partial charge in [0.1, 0.15) is 11.9 Å². The highest BCUT2D eigenvalue weighted by molar-refractivity contribution is 5.82. The second-order valence-corrected chi connectivity index (χ2v) is 6.43. The van der Waals surface area contributed by atoms with Crippen molar-refractivity contribution in [1.29, 1.82) is 0 Å². The zero-order valence-electron chi connectivity index (χ0n) is 14.9. The van der Waals surface area contributed by atoms with Gasteiger partial charge in [-0.25, -0.2) is 4.39 Å². The summed E-state index contributed by atoms with van der Waals surface area (Å²) in [6, 6.07) is 12.8. The molecule has 0 bridgehead atoms. The number of carbonyl (C=O) groups is 1. The second-order valence-electron chi connectivity index (χ2n) is 6.43. The van der Waals surface area contributed by atoms with Crippen molar-refractivity contribution in [3.63, 3.8) is 0 Å². The summed E-state index contributed by atoms with van der Waals surface area (Å²) in [5.74, 6) is -0.182. The SMILES string of the molecule is Cc1cc([C@@H](C)N[C@H](C(=O)N(C)C)c2ccccc2)cc(C)c1F. The number of benzene rings is 2. The van der Waals surface area contributed by atoms with Crippen LogP contribution in [-0.4, -0.2) is 24.9 Å². The third kappa shape index (κ3) is 4.01. The summed E-state index contributed by atoms with van der Waals surface area (Å²) in [7, 11) is 3.49. The molecule has 0 aliphatic carbocycles. The Labute approximate surface area is 143 Å². The molecule has 1 amide bonds. The molecule has 0 radical (unpaired) electrons. The molecule has 0 aliphatic rings. The zero-order valence-corrected chi connectivity index (χ0v) is 14.9. The number of likely N-dealkylation sites (N-methyl/N-ethyl adjacent to an activating group) is 1. The monoisotopic (exact) mass is 328 g/mol. The van der Waals surface area contributed by atoms with Crippen LogP contribution in [0.4, 0.5) is 4.39 Å². The molecule has 4 heteroatoms. The van der Waals surface area contributed by atoms with Crippen molar-refractivity contribution in [3.05, 3.63) is 70.5 Å². The minimum Gasteiger partial charge on any atom is -0.347 e. The van der Waals surface area contributed by atoms with Gasteiger partial charge < -0.3 is 4.90 Å². The van der Waals surface area contributed by atoms with E-state index in [-0.39, 0.29) is 17.8 Å². The maximum Gasteiger partial charge on any atom is 0.243 e.